The summed E-state index contributed by atoms with van der Waals surface area (Å²) in [6.45, 7) is 5.68. The zero-order valence-electron chi connectivity index (χ0n) is 12.0. The highest BCUT2D eigenvalue weighted by molar-refractivity contribution is 7.96. The van der Waals surface area contributed by atoms with E-state index < -0.39 is 0 Å². The smallest absolute Gasteiger partial charge is 0.333 e. The van der Waals surface area contributed by atoms with Gasteiger partial charge < -0.3 is 4.74 Å². The van der Waals surface area contributed by atoms with Crippen molar-refractivity contribution in [1.82, 2.24) is 0 Å². The fraction of sp³-hybridized carbons (Fsp3) is 0.733. The number of hydrogen-bond acceptors (Lipinski definition) is 3. The Morgan fingerprint density at radius 2 is 1.42 bits per heavy atom. The number of hydrogen-bond donors (Lipinski definition) is 1. The molecule has 4 heteroatoms. The first-order chi connectivity index (χ1) is 9.04. The maximum absolute atomic E-state index is 11.1. The second-order valence-corrected chi connectivity index (χ2v) is 5.39. The van der Waals surface area contributed by atoms with Crippen LogP contribution in [0.2, 0.25) is 0 Å². The molecule has 0 aliphatic carbocycles. The molecule has 0 aliphatic rings. The van der Waals surface area contributed by atoms with E-state index in [-0.39, 0.29) is 11.1 Å². The Bertz CT molecular complexity index is 287. The summed E-state index contributed by atoms with van der Waals surface area (Å²) in [6.07, 6.45) is 9.47. The summed E-state index contributed by atoms with van der Waals surface area (Å²) >= 11 is 3.74. The molecular weight excluding hydrogens is 260 g/mol. The standard InChI is InChI=1S/C15H26O3S/c1-13(2)15(17)18-12-10-8-6-4-3-5-7-9-11-14(16)19/h1,3-12H2,2H3,(H,16,19). The van der Waals surface area contributed by atoms with E-state index in [1.807, 2.05) is 0 Å². The number of unbranched alkanes of at least 4 members (excludes halogenated alkanes) is 7. The van der Waals surface area contributed by atoms with Gasteiger partial charge in [0, 0.05) is 12.0 Å². The van der Waals surface area contributed by atoms with Gasteiger partial charge in [-0.1, -0.05) is 45.1 Å². The third-order valence-corrected chi connectivity index (χ3v) is 3.09. The van der Waals surface area contributed by atoms with Crippen molar-refractivity contribution in [2.24, 2.45) is 0 Å². The molecule has 0 aliphatic heterocycles. The van der Waals surface area contributed by atoms with Crippen LogP contribution in [0.1, 0.15) is 64.7 Å². The Hall–Kier alpha value is -0.770. The summed E-state index contributed by atoms with van der Waals surface area (Å²) in [5.41, 5.74) is 0.458. The van der Waals surface area contributed by atoms with Crippen molar-refractivity contribution in [2.75, 3.05) is 6.61 Å². The molecule has 110 valence electrons. The van der Waals surface area contributed by atoms with Gasteiger partial charge in [0.1, 0.15) is 0 Å². The molecule has 19 heavy (non-hydrogen) atoms. The molecule has 0 atom stereocenters. The molecule has 0 aromatic heterocycles. The van der Waals surface area contributed by atoms with E-state index in [0.717, 1.165) is 25.7 Å². The predicted octanol–water partition coefficient (Wildman–Crippen LogP) is 4.07. The van der Waals surface area contributed by atoms with Crippen molar-refractivity contribution < 1.29 is 14.3 Å². The zero-order valence-corrected chi connectivity index (χ0v) is 12.8. The van der Waals surface area contributed by atoms with Gasteiger partial charge in [0.05, 0.1) is 6.61 Å². The van der Waals surface area contributed by atoms with Crippen LogP contribution in [0, 0.1) is 0 Å². The molecule has 0 N–H and O–H groups in total. The highest BCUT2D eigenvalue weighted by Crippen LogP contribution is 2.10. The Morgan fingerprint density at radius 1 is 0.947 bits per heavy atom. The largest absolute Gasteiger partial charge is 0.462 e. The topological polar surface area (TPSA) is 43.4 Å². The fourth-order valence-corrected chi connectivity index (χ4v) is 1.89. The molecule has 0 unspecified atom stereocenters. The fourth-order valence-electron chi connectivity index (χ4n) is 1.73. The monoisotopic (exact) mass is 286 g/mol. The number of thiol groups is 1. The summed E-state index contributed by atoms with van der Waals surface area (Å²) in [4.78, 5) is 21.7. The second kappa shape index (κ2) is 12.3. The molecule has 0 radical (unpaired) electrons. The average molecular weight is 286 g/mol. The van der Waals surface area contributed by atoms with Crippen LogP contribution in [0.5, 0.6) is 0 Å². The molecule has 0 bridgehead atoms. The van der Waals surface area contributed by atoms with Gasteiger partial charge in [-0.25, -0.2) is 4.79 Å². The second-order valence-electron chi connectivity index (χ2n) is 4.89. The van der Waals surface area contributed by atoms with E-state index in [4.69, 9.17) is 4.74 Å². The SMILES string of the molecule is C=C(C)C(=O)OCCCCCCCCCCC(=O)S. The van der Waals surface area contributed by atoms with Crippen molar-refractivity contribution in [2.45, 2.75) is 64.7 Å². The van der Waals surface area contributed by atoms with Gasteiger partial charge in [0.2, 0.25) is 0 Å². The van der Waals surface area contributed by atoms with E-state index in [2.05, 4.69) is 19.2 Å². The summed E-state index contributed by atoms with van der Waals surface area (Å²) in [5, 5.41) is -0.00990. The minimum absolute atomic E-state index is 0.00990. The third kappa shape index (κ3) is 13.5. The van der Waals surface area contributed by atoms with E-state index in [1.54, 1.807) is 6.92 Å². The van der Waals surface area contributed by atoms with E-state index in [0.29, 0.717) is 18.6 Å². The van der Waals surface area contributed by atoms with Crippen LogP contribution in [0.25, 0.3) is 0 Å². The summed E-state index contributed by atoms with van der Waals surface area (Å²) in [6, 6.07) is 0. The Kier molecular flexibility index (Phi) is 11.8. The van der Waals surface area contributed by atoms with Crippen LogP contribution in [0.4, 0.5) is 0 Å². The maximum Gasteiger partial charge on any atom is 0.333 e. The van der Waals surface area contributed by atoms with Crippen molar-refractivity contribution >= 4 is 23.7 Å². The number of esters is 1. The third-order valence-electron chi connectivity index (χ3n) is 2.87. The van der Waals surface area contributed by atoms with Crippen LogP contribution < -0.4 is 0 Å². The molecule has 0 spiro atoms. The molecule has 0 saturated heterocycles. The molecule has 3 nitrogen and oxygen atoms in total. The van der Waals surface area contributed by atoms with Gasteiger partial charge in [-0.15, -0.1) is 12.6 Å². The van der Waals surface area contributed by atoms with Crippen molar-refractivity contribution in [3.05, 3.63) is 12.2 Å². The summed E-state index contributed by atoms with van der Waals surface area (Å²) < 4.78 is 5.01. The number of carbonyl (C=O) groups excluding carboxylic acids is 2. The normalized spacial score (nSPS) is 10.2. The van der Waals surface area contributed by atoms with Gasteiger partial charge in [0.25, 0.3) is 0 Å². The number of carbonyl (C=O) groups is 2. The summed E-state index contributed by atoms with van der Waals surface area (Å²) in [5.74, 6) is -0.293. The van der Waals surface area contributed by atoms with Crippen LogP contribution >= 0.6 is 12.6 Å². The Balaban J connectivity index is 3.13. The van der Waals surface area contributed by atoms with Gasteiger partial charge in [0.15, 0.2) is 5.12 Å². The van der Waals surface area contributed by atoms with Crippen LogP contribution in [-0.4, -0.2) is 17.7 Å². The first-order valence-electron chi connectivity index (χ1n) is 7.08. The van der Waals surface area contributed by atoms with Crippen LogP contribution in [0.15, 0.2) is 12.2 Å². The molecule has 0 heterocycles. The molecule has 0 aromatic carbocycles. The lowest BCUT2D eigenvalue weighted by Gasteiger charge is -2.04. The van der Waals surface area contributed by atoms with Gasteiger partial charge >= 0.3 is 5.97 Å². The van der Waals surface area contributed by atoms with Crippen LogP contribution in [0.3, 0.4) is 0 Å². The highest BCUT2D eigenvalue weighted by Gasteiger charge is 2.01. The minimum atomic E-state index is -0.293. The highest BCUT2D eigenvalue weighted by atomic mass is 32.1. The number of ether oxygens (including phenoxy) is 1. The van der Waals surface area contributed by atoms with Crippen molar-refractivity contribution in [3.8, 4) is 0 Å². The zero-order chi connectivity index (χ0) is 14.5. The lowest BCUT2D eigenvalue weighted by molar-refractivity contribution is -0.139. The minimum Gasteiger partial charge on any atom is -0.462 e. The van der Waals surface area contributed by atoms with Crippen molar-refractivity contribution in [3.63, 3.8) is 0 Å². The lowest BCUT2D eigenvalue weighted by atomic mass is 10.1. The molecule has 0 rings (SSSR count). The van der Waals surface area contributed by atoms with E-state index in [9.17, 15) is 9.59 Å². The van der Waals surface area contributed by atoms with E-state index in [1.165, 1.54) is 25.7 Å². The van der Waals surface area contributed by atoms with Crippen molar-refractivity contribution in [1.29, 1.82) is 0 Å². The number of rotatable bonds is 12. The molecule has 0 fully saturated rings. The molecule has 0 saturated carbocycles. The first-order valence-corrected chi connectivity index (χ1v) is 7.53. The molecule has 0 aromatic rings. The Morgan fingerprint density at radius 3 is 1.89 bits per heavy atom. The quantitative estimate of drug-likeness (QED) is 0.254. The average Bonchev–Trinajstić information content (AvgIpc) is 2.35. The summed E-state index contributed by atoms with van der Waals surface area (Å²) in [7, 11) is 0. The Labute approximate surface area is 122 Å². The van der Waals surface area contributed by atoms with Gasteiger partial charge in [-0.2, -0.15) is 0 Å². The van der Waals surface area contributed by atoms with E-state index >= 15 is 0 Å². The van der Waals surface area contributed by atoms with Gasteiger partial charge in [-0.05, 0) is 19.8 Å². The first kappa shape index (κ1) is 18.2. The van der Waals surface area contributed by atoms with Crippen LogP contribution in [-0.2, 0) is 14.3 Å². The van der Waals surface area contributed by atoms with Gasteiger partial charge in [-0.3, -0.25) is 4.79 Å². The molecular formula is C15H26O3S. The predicted molar refractivity (Wildman–Crippen MR) is 81.3 cm³/mol. The maximum atomic E-state index is 11.1. The molecule has 0 amide bonds. The lowest BCUT2D eigenvalue weighted by Crippen LogP contribution is -2.05.